The predicted molar refractivity (Wildman–Crippen MR) is 76.2 cm³/mol. The van der Waals surface area contributed by atoms with Crippen molar-refractivity contribution in [3.63, 3.8) is 0 Å². The number of hydrogen-bond acceptors (Lipinski definition) is 1. The van der Waals surface area contributed by atoms with Crippen LogP contribution < -0.4 is 0 Å². The summed E-state index contributed by atoms with van der Waals surface area (Å²) in [4.78, 5) is 14.4. The molecule has 1 aliphatic heterocycles. The molecule has 1 fully saturated rings. The maximum absolute atomic E-state index is 12.4. The van der Waals surface area contributed by atoms with Crippen molar-refractivity contribution in [1.29, 1.82) is 0 Å². The Hall–Kier alpha value is -0.350. The van der Waals surface area contributed by atoms with Gasteiger partial charge in [-0.3, -0.25) is 4.79 Å². The summed E-state index contributed by atoms with van der Waals surface area (Å²) in [6.45, 7) is 3.03. The van der Waals surface area contributed by atoms with Gasteiger partial charge in [0.15, 0.2) is 0 Å². The lowest BCUT2D eigenvalue weighted by molar-refractivity contribution is 0.0733. The highest BCUT2D eigenvalue weighted by atomic mass is 79.9. The van der Waals surface area contributed by atoms with Crippen LogP contribution in [0.1, 0.15) is 36.5 Å². The van der Waals surface area contributed by atoms with E-state index in [2.05, 4.69) is 38.8 Å². The van der Waals surface area contributed by atoms with Crippen molar-refractivity contribution < 1.29 is 4.79 Å². The standard InChI is InChI=1S/C13H15Br2NO/c1-2-10-4-3-7-16(10)13(17)11-6-5-9(14)8-12(11)15/h5-6,8,10H,2-4,7H2,1H3. The van der Waals surface area contributed by atoms with Crippen molar-refractivity contribution in [1.82, 2.24) is 4.90 Å². The van der Waals surface area contributed by atoms with Crippen LogP contribution in [0.4, 0.5) is 0 Å². The van der Waals surface area contributed by atoms with Crippen LogP contribution in [0.15, 0.2) is 27.1 Å². The normalized spacial score (nSPS) is 19.7. The Balaban J connectivity index is 2.24. The number of hydrogen-bond donors (Lipinski definition) is 0. The summed E-state index contributed by atoms with van der Waals surface area (Å²) < 4.78 is 1.84. The van der Waals surface area contributed by atoms with Crippen LogP contribution in [-0.2, 0) is 0 Å². The number of benzene rings is 1. The third-order valence-corrected chi connectivity index (χ3v) is 4.42. The summed E-state index contributed by atoms with van der Waals surface area (Å²) in [6.07, 6.45) is 3.30. The van der Waals surface area contributed by atoms with Crippen LogP contribution >= 0.6 is 31.9 Å². The summed E-state index contributed by atoms with van der Waals surface area (Å²) in [6, 6.07) is 6.12. The lowest BCUT2D eigenvalue weighted by Crippen LogP contribution is -2.35. The Labute approximate surface area is 119 Å². The zero-order valence-electron chi connectivity index (χ0n) is 9.75. The predicted octanol–water partition coefficient (Wildman–Crippen LogP) is 4.23. The number of likely N-dealkylation sites (tertiary alicyclic amines) is 1. The average Bonchev–Trinajstić information content (AvgIpc) is 2.76. The van der Waals surface area contributed by atoms with Crippen molar-refractivity contribution in [3.8, 4) is 0 Å². The fraction of sp³-hybridized carbons (Fsp3) is 0.462. The van der Waals surface area contributed by atoms with Gasteiger partial charge in [0.25, 0.3) is 5.91 Å². The highest BCUT2D eigenvalue weighted by molar-refractivity contribution is 9.11. The highest BCUT2D eigenvalue weighted by Crippen LogP contribution is 2.27. The molecule has 1 aromatic carbocycles. The molecule has 0 saturated carbocycles. The molecule has 1 saturated heterocycles. The largest absolute Gasteiger partial charge is 0.336 e. The average molecular weight is 361 g/mol. The van der Waals surface area contributed by atoms with Crippen LogP contribution in [-0.4, -0.2) is 23.4 Å². The topological polar surface area (TPSA) is 20.3 Å². The van der Waals surface area contributed by atoms with Crippen LogP contribution in [0.2, 0.25) is 0 Å². The number of halogens is 2. The van der Waals surface area contributed by atoms with Crippen LogP contribution in [0.25, 0.3) is 0 Å². The third-order valence-electron chi connectivity index (χ3n) is 3.27. The molecule has 2 nitrogen and oxygen atoms in total. The zero-order valence-corrected chi connectivity index (χ0v) is 12.9. The van der Waals surface area contributed by atoms with Gasteiger partial charge in [-0.15, -0.1) is 0 Å². The lowest BCUT2D eigenvalue weighted by atomic mass is 10.1. The van der Waals surface area contributed by atoms with E-state index in [1.54, 1.807) is 0 Å². The fourth-order valence-electron chi connectivity index (χ4n) is 2.35. The minimum absolute atomic E-state index is 0.147. The molecule has 0 aromatic heterocycles. The third kappa shape index (κ3) is 2.74. The molecule has 0 spiro atoms. The van der Waals surface area contributed by atoms with Crippen molar-refractivity contribution in [2.24, 2.45) is 0 Å². The first-order valence-electron chi connectivity index (χ1n) is 5.89. The molecule has 0 radical (unpaired) electrons. The Morgan fingerprint density at radius 3 is 2.88 bits per heavy atom. The number of carbonyl (C=O) groups excluding carboxylic acids is 1. The van der Waals surface area contributed by atoms with E-state index in [0.29, 0.717) is 6.04 Å². The number of carbonyl (C=O) groups is 1. The SMILES string of the molecule is CCC1CCCN1C(=O)c1ccc(Br)cc1Br. The highest BCUT2D eigenvalue weighted by Gasteiger charge is 2.28. The van der Waals surface area contributed by atoms with E-state index in [-0.39, 0.29) is 5.91 Å². The van der Waals surface area contributed by atoms with Gasteiger partial charge in [0.05, 0.1) is 5.56 Å². The van der Waals surface area contributed by atoms with E-state index < -0.39 is 0 Å². The Morgan fingerprint density at radius 2 is 2.24 bits per heavy atom. The minimum Gasteiger partial charge on any atom is -0.336 e. The van der Waals surface area contributed by atoms with Crippen LogP contribution in [0.3, 0.4) is 0 Å². The zero-order chi connectivity index (χ0) is 12.4. The van der Waals surface area contributed by atoms with Gasteiger partial charge in [0.1, 0.15) is 0 Å². The van der Waals surface area contributed by atoms with E-state index in [9.17, 15) is 4.79 Å². The summed E-state index contributed by atoms with van der Waals surface area (Å²) in [5.41, 5.74) is 0.758. The molecule has 0 bridgehead atoms. The molecule has 0 aliphatic carbocycles. The number of nitrogens with zero attached hydrogens (tertiary/aromatic N) is 1. The molecule has 92 valence electrons. The van der Waals surface area contributed by atoms with Gasteiger partial charge in [0, 0.05) is 21.5 Å². The molecule has 1 aliphatic rings. The molecule has 4 heteroatoms. The second kappa shape index (κ2) is 5.53. The van der Waals surface area contributed by atoms with Gasteiger partial charge in [-0.25, -0.2) is 0 Å². The first kappa shape index (κ1) is 13.1. The minimum atomic E-state index is 0.147. The van der Waals surface area contributed by atoms with E-state index in [1.165, 1.54) is 0 Å². The molecule has 2 rings (SSSR count). The van der Waals surface area contributed by atoms with Gasteiger partial charge in [-0.05, 0) is 53.4 Å². The van der Waals surface area contributed by atoms with Crippen molar-refractivity contribution in [2.75, 3.05) is 6.54 Å². The molecule has 1 atom stereocenters. The first-order chi connectivity index (χ1) is 8.13. The lowest BCUT2D eigenvalue weighted by Gasteiger charge is -2.24. The number of amides is 1. The van der Waals surface area contributed by atoms with Crippen molar-refractivity contribution >= 4 is 37.8 Å². The fourth-order valence-corrected chi connectivity index (χ4v) is 3.56. The van der Waals surface area contributed by atoms with Gasteiger partial charge in [-0.2, -0.15) is 0 Å². The first-order valence-corrected chi connectivity index (χ1v) is 7.48. The maximum atomic E-state index is 12.4. The maximum Gasteiger partial charge on any atom is 0.255 e. The smallest absolute Gasteiger partial charge is 0.255 e. The number of rotatable bonds is 2. The Morgan fingerprint density at radius 1 is 1.47 bits per heavy atom. The summed E-state index contributed by atoms with van der Waals surface area (Å²) in [7, 11) is 0. The van der Waals surface area contributed by atoms with Crippen molar-refractivity contribution in [3.05, 3.63) is 32.7 Å². The van der Waals surface area contributed by atoms with Gasteiger partial charge < -0.3 is 4.90 Å². The van der Waals surface area contributed by atoms with Crippen LogP contribution in [0.5, 0.6) is 0 Å². The monoisotopic (exact) mass is 359 g/mol. The van der Waals surface area contributed by atoms with Gasteiger partial charge in [-0.1, -0.05) is 22.9 Å². The molecule has 1 heterocycles. The molecular weight excluding hydrogens is 346 g/mol. The molecular formula is C13H15Br2NO. The van der Waals surface area contributed by atoms with Gasteiger partial charge in [0.2, 0.25) is 0 Å². The second-order valence-corrected chi connectivity index (χ2v) is 6.10. The molecule has 17 heavy (non-hydrogen) atoms. The molecule has 1 aromatic rings. The van der Waals surface area contributed by atoms with E-state index in [0.717, 1.165) is 40.3 Å². The van der Waals surface area contributed by atoms with E-state index in [1.807, 2.05) is 23.1 Å². The quantitative estimate of drug-likeness (QED) is 0.772. The van der Waals surface area contributed by atoms with E-state index in [4.69, 9.17) is 0 Å². The Bertz CT molecular complexity index is 433. The Kier molecular flexibility index (Phi) is 4.26. The molecule has 1 unspecified atom stereocenters. The van der Waals surface area contributed by atoms with E-state index >= 15 is 0 Å². The van der Waals surface area contributed by atoms with Gasteiger partial charge >= 0.3 is 0 Å². The summed E-state index contributed by atoms with van der Waals surface area (Å²) in [5.74, 6) is 0.147. The van der Waals surface area contributed by atoms with Crippen LogP contribution in [0, 0.1) is 0 Å². The van der Waals surface area contributed by atoms with Crippen molar-refractivity contribution in [2.45, 2.75) is 32.2 Å². The molecule has 1 amide bonds. The summed E-state index contributed by atoms with van der Waals surface area (Å²) >= 11 is 6.86. The second-order valence-electron chi connectivity index (χ2n) is 4.33. The molecule has 0 N–H and O–H groups in total. The summed E-state index contributed by atoms with van der Waals surface area (Å²) in [5, 5.41) is 0.